The van der Waals surface area contributed by atoms with Crippen molar-refractivity contribution in [2.75, 3.05) is 0 Å². The minimum absolute atomic E-state index is 0.157. The van der Waals surface area contributed by atoms with Crippen LogP contribution < -0.4 is 5.11 Å². The molecule has 0 spiro atoms. The van der Waals surface area contributed by atoms with Crippen LogP contribution in [0.3, 0.4) is 0 Å². The zero-order valence-corrected chi connectivity index (χ0v) is 6.06. The van der Waals surface area contributed by atoms with Crippen molar-refractivity contribution in [1.82, 2.24) is 0 Å². The maximum Gasteiger partial charge on any atom is 0.416 e. The molecule has 0 aliphatic heterocycles. The first kappa shape index (κ1) is 9.06. The molecule has 0 saturated carbocycles. The van der Waals surface area contributed by atoms with Crippen LogP contribution in [0.15, 0.2) is 24.3 Å². The summed E-state index contributed by atoms with van der Waals surface area (Å²) in [6, 6.07) is 4.42. The first-order chi connectivity index (χ1) is 5.54. The monoisotopic (exact) mass is 175 g/mol. The summed E-state index contributed by atoms with van der Waals surface area (Å²) in [6.45, 7) is -0.621. The number of rotatable bonds is 1. The van der Waals surface area contributed by atoms with Crippen molar-refractivity contribution in [3.8, 4) is 0 Å². The molecule has 0 bridgehead atoms. The van der Waals surface area contributed by atoms with Gasteiger partial charge in [-0.25, -0.2) is 0 Å². The van der Waals surface area contributed by atoms with Gasteiger partial charge in [0.1, 0.15) is 0 Å². The number of hydrogen-bond acceptors (Lipinski definition) is 1. The van der Waals surface area contributed by atoms with E-state index < -0.39 is 18.3 Å². The van der Waals surface area contributed by atoms with Crippen LogP contribution in [0.2, 0.25) is 0 Å². The van der Waals surface area contributed by atoms with Crippen LogP contribution in [0.25, 0.3) is 0 Å². The molecule has 1 aromatic rings. The zero-order valence-electron chi connectivity index (χ0n) is 6.06. The van der Waals surface area contributed by atoms with Gasteiger partial charge in [0, 0.05) is 0 Å². The number of benzene rings is 1. The van der Waals surface area contributed by atoms with Crippen molar-refractivity contribution in [1.29, 1.82) is 0 Å². The van der Waals surface area contributed by atoms with Crippen molar-refractivity contribution in [3.05, 3.63) is 35.4 Å². The Kier molecular flexibility index (Phi) is 2.38. The predicted octanol–water partition coefficient (Wildman–Crippen LogP) is 1.57. The molecule has 0 aliphatic rings. The minimum atomic E-state index is -4.36. The molecule has 0 aromatic heterocycles. The Bertz CT molecular complexity index is 267. The molecule has 0 N–H and O–H groups in total. The fourth-order valence-electron chi connectivity index (χ4n) is 0.837. The zero-order chi connectivity index (χ0) is 9.19. The van der Waals surface area contributed by atoms with Crippen LogP contribution in [0, 0.1) is 0 Å². The van der Waals surface area contributed by atoms with Gasteiger partial charge in [0.05, 0.1) is 5.56 Å². The molecule has 0 aliphatic carbocycles. The van der Waals surface area contributed by atoms with Gasteiger partial charge < -0.3 is 5.11 Å². The maximum atomic E-state index is 12.0. The van der Waals surface area contributed by atoms with Crippen LogP contribution in [0.1, 0.15) is 11.1 Å². The molecule has 12 heavy (non-hydrogen) atoms. The van der Waals surface area contributed by atoms with Gasteiger partial charge in [-0.1, -0.05) is 23.8 Å². The van der Waals surface area contributed by atoms with Crippen LogP contribution >= 0.6 is 0 Å². The van der Waals surface area contributed by atoms with Crippen molar-refractivity contribution < 1.29 is 18.3 Å². The lowest BCUT2D eigenvalue weighted by atomic mass is 10.1. The Morgan fingerprint density at radius 2 is 1.92 bits per heavy atom. The molecular formula is C8H6F3O-. The van der Waals surface area contributed by atoms with Gasteiger partial charge in [0.25, 0.3) is 0 Å². The SMILES string of the molecule is [O-]Cc1cccc(C(F)(F)F)c1. The lowest BCUT2D eigenvalue weighted by Crippen LogP contribution is -2.08. The summed E-state index contributed by atoms with van der Waals surface area (Å²) in [5, 5.41) is 10.2. The summed E-state index contributed by atoms with van der Waals surface area (Å²) >= 11 is 0. The van der Waals surface area contributed by atoms with E-state index in [-0.39, 0.29) is 5.56 Å². The topological polar surface area (TPSA) is 23.1 Å². The quantitative estimate of drug-likeness (QED) is 0.635. The third-order valence-electron chi connectivity index (χ3n) is 1.42. The van der Waals surface area contributed by atoms with Crippen LogP contribution in [0.5, 0.6) is 0 Å². The summed E-state index contributed by atoms with van der Waals surface area (Å²) in [6.07, 6.45) is -4.36. The minimum Gasteiger partial charge on any atom is -0.851 e. The lowest BCUT2D eigenvalue weighted by molar-refractivity contribution is -0.386. The van der Waals surface area contributed by atoms with E-state index in [4.69, 9.17) is 0 Å². The molecule has 66 valence electrons. The Labute approximate surface area is 67.5 Å². The fraction of sp³-hybridized carbons (Fsp3) is 0.250. The number of hydrogen-bond donors (Lipinski definition) is 0. The van der Waals surface area contributed by atoms with E-state index >= 15 is 0 Å². The van der Waals surface area contributed by atoms with Crippen molar-refractivity contribution in [3.63, 3.8) is 0 Å². The Morgan fingerprint density at radius 3 is 2.42 bits per heavy atom. The van der Waals surface area contributed by atoms with Gasteiger partial charge in [-0.05, 0) is 6.07 Å². The molecule has 0 saturated heterocycles. The second kappa shape index (κ2) is 3.15. The van der Waals surface area contributed by atoms with E-state index in [1.807, 2.05) is 0 Å². The standard InChI is InChI=1S/C8H6F3O/c9-8(10,11)7-3-1-2-6(4-7)5-12/h1-4H,5H2/q-1. The predicted molar refractivity (Wildman–Crippen MR) is 35.1 cm³/mol. The Hall–Kier alpha value is -1.03. The smallest absolute Gasteiger partial charge is 0.416 e. The highest BCUT2D eigenvalue weighted by atomic mass is 19.4. The van der Waals surface area contributed by atoms with E-state index in [0.29, 0.717) is 0 Å². The van der Waals surface area contributed by atoms with E-state index in [1.54, 1.807) is 0 Å². The fourth-order valence-corrected chi connectivity index (χ4v) is 0.837. The summed E-state index contributed by atoms with van der Waals surface area (Å²) in [5.41, 5.74) is -0.610. The van der Waals surface area contributed by atoms with E-state index in [9.17, 15) is 18.3 Å². The molecule has 0 radical (unpaired) electrons. The van der Waals surface area contributed by atoms with E-state index in [2.05, 4.69) is 0 Å². The second-order valence-corrected chi connectivity index (χ2v) is 2.34. The number of alkyl halides is 3. The molecule has 1 nitrogen and oxygen atoms in total. The van der Waals surface area contributed by atoms with Gasteiger partial charge >= 0.3 is 6.18 Å². The number of halogens is 3. The highest BCUT2D eigenvalue weighted by Crippen LogP contribution is 2.29. The van der Waals surface area contributed by atoms with Crippen LogP contribution in [0.4, 0.5) is 13.2 Å². The molecule has 0 heterocycles. The normalized spacial score (nSPS) is 11.7. The third-order valence-corrected chi connectivity index (χ3v) is 1.42. The highest BCUT2D eigenvalue weighted by Gasteiger charge is 2.29. The first-order valence-electron chi connectivity index (χ1n) is 3.28. The summed E-state index contributed by atoms with van der Waals surface area (Å²) in [5.74, 6) is 0. The highest BCUT2D eigenvalue weighted by molar-refractivity contribution is 5.24. The average molecular weight is 175 g/mol. The van der Waals surface area contributed by atoms with Crippen molar-refractivity contribution in [2.45, 2.75) is 12.8 Å². The van der Waals surface area contributed by atoms with Crippen LogP contribution in [-0.2, 0) is 12.8 Å². The van der Waals surface area contributed by atoms with Gasteiger partial charge in [-0.15, -0.1) is 6.61 Å². The Balaban J connectivity index is 3.02. The van der Waals surface area contributed by atoms with Gasteiger partial charge in [-0.2, -0.15) is 13.2 Å². The molecule has 0 unspecified atom stereocenters. The summed E-state index contributed by atoms with van der Waals surface area (Å²) < 4.78 is 36.0. The second-order valence-electron chi connectivity index (χ2n) is 2.34. The van der Waals surface area contributed by atoms with E-state index in [0.717, 1.165) is 12.1 Å². The average Bonchev–Trinajstić information content (AvgIpc) is 2.03. The lowest BCUT2D eigenvalue weighted by Gasteiger charge is -2.09. The molecule has 1 rings (SSSR count). The van der Waals surface area contributed by atoms with E-state index in [1.165, 1.54) is 12.1 Å². The van der Waals surface area contributed by atoms with Gasteiger partial charge in [0.15, 0.2) is 0 Å². The molecule has 4 heteroatoms. The third kappa shape index (κ3) is 1.98. The van der Waals surface area contributed by atoms with Crippen molar-refractivity contribution >= 4 is 0 Å². The molecule has 1 aromatic carbocycles. The van der Waals surface area contributed by atoms with Crippen LogP contribution in [-0.4, -0.2) is 0 Å². The summed E-state index contributed by atoms with van der Waals surface area (Å²) in [4.78, 5) is 0. The molecule has 0 atom stereocenters. The van der Waals surface area contributed by atoms with Crippen molar-refractivity contribution in [2.24, 2.45) is 0 Å². The van der Waals surface area contributed by atoms with Gasteiger partial charge in [0.2, 0.25) is 0 Å². The summed E-state index contributed by atoms with van der Waals surface area (Å²) in [7, 11) is 0. The maximum absolute atomic E-state index is 12.0. The first-order valence-corrected chi connectivity index (χ1v) is 3.28. The molecule has 0 amide bonds. The molecular weight excluding hydrogens is 169 g/mol. The molecule has 0 fully saturated rings. The largest absolute Gasteiger partial charge is 0.851 e. The Morgan fingerprint density at radius 1 is 1.25 bits per heavy atom. The van der Waals surface area contributed by atoms with Gasteiger partial charge in [-0.3, -0.25) is 0 Å².